The first kappa shape index (κ1) is 11.4. The Labute approximate surface area is 106 Å². The van der Waals surface area contributed by atoms with Crippen molar-refractivity contribution < 1.29 is 4.74 Å². The zero-order valence-corrected chi connectivity index (χ0v) is 10.3. The van der Waals surface area contributed by atoms with Crippen LogP contribution in [0.15, 0.2) is 24.4 Å². The topological polar surface area (TPSA) is 62.8 Å². The van der Waals surface area contributed by atoms with Crippen molar-refractivity contribution in [2.75, 3.05) is 19.7 Å². The summed E-state index contributed by atoms with van der Waals surface area (Å²) in [7, 11) is 0. The van der Waals surface area contributed by atoms with Crippen molar-refractivity contribution in [3.05, 3.63) is 35.9 Å². The first-order chi connectivity index (χ1) is 8.83. The van der Waals surface area contributed by atoms with Crippen molar-refractivity contribution in [1.29, 1.82) is 0 Å². The van der Waals surface area contributed by atoms with Crippen LogP contribution in [0.3, 0.4) is 0 Å². The highest BCUT2D eigenvalue weighted by molar-refractivity contribution is 5.54. The first-order valence-corrected chi connectivity index (χ1v) is 6.14. The van der Waals surface area contributed by atoms with Gasteiger partial charge in [-0.1, -0.05) is 0 Å². The summed E-state index contributed by atoms with van der Waals surface area (Å²) in [5.74, 6) is 0.756. The number of aromatic nitrogens is 3. The number of hydrogen-bond acceptors (Lipinski definition) is 4. The number of hydrogen-bond donors (Lipinski definition) is 2. The molecule has 2 N–H and O–H groups in total. The molecule has 0 bridgehead atoms. The third kappa shape index (κ3) is 2.27. The van der Waals surface area contributed by atoms with Gasteiger partial charge in [0.2, 0.25) is 0 Å². The van der Waals surface area contributed by atoms with Gasteiger partial charge in [-0.25, -0.2) is 9.97 Å². The molecule has 0 aromatic carbocycles. The zero-order chi connectivity index (χ0) is 12.4. The van der Waals surface area contributed by atoms with Crippen LogP contribution in [-0.2, 0) is 4.74 Å². The Morgan fingerprint density at radius 1 is 1.39 bits per heavy atom. The van der Waals surface area contributed by atoms with Crippen LogP contribution in [0.2, 0.25) is 0 Å². The minimum atomic E-state index is -0.0487. The van der Waals surface area contributed by atoms with Crippen LogP contribution in [0.4, 0.5) is 0 Å². The molecule has 18 heavy (non-hydrogen) atoms. The Balaban J connectivity index is 1.95. The lowest BCUT2D eigenvalue weighted by molar-refractivity contribution is 0.0221. The molecule has 5 nitrogen and oxygen atoms in total. The normalized spacial score (nSPS) is 19.9. The minimum absolute atomic E-state index is 0.0487. The van der Waals surface area contributed by atoms with E-state index in [0.717, 1.165) is 36.0 Å². The van der Waals surface area contributed by atoms with E-state index in [-0.39, 0.29) is 6.10 Å². The van der Waals surface area contributed by atoms with E-state index in [2.05, 4.69) is 20.3 Å². The molecule has 3 heterocycles. The molecule has 2 aromatic rings. The second-order valence-corrected chi connectivity index (χ2v) is 4.40. The Morgan fingerprint density at radius 3 is 3.06 bits per heavy atom. The SMILES string of the molecule is Cc1cc(-c2ccc[nH]2)nc(C2CNCCO2)n1. The fourth-order valence-electron chi connectivity index (χ4n) is 2.09. The maximum absolute atomic E-state index is 5.69. The van der Waals surface area contributed by atoms with E-state index < -0.39 is 0 Å². The van der Waals surface area contributed by atoms with Crippen molar-refractivity contribution >= 4 is 0 Å². The van der Waals surface area contributed by atoms with Gasteiger partial charge in [0.1, 0.15) is 6.10 Å². The minimum Gasteiger partial charge on any atom is -0.368 e. The summed E-state index contributed by atoms with van der Waals surface area (Å²) in [5, 5.41) is 3.29. The average molecular weight is 244 g/mol. The van der Waals surface area contributed by atoms with Gasteiger partial charge in [-0.15, -0.1) is 0 Å². The number of aryl methyl sites for hydroxylation is 1. The Hall–Kier alpha value is -1.72. The van der Waals surface area contributed by atoms with Gasteiger partial charge >= 0.3 is 0 Å². The highest BCUT2D eigenvalue weighted by atomic mass is 16.5. The molecule has 1 unspecified atom stereocenters. The van der Waals surface area contributed by atoms with Gasteiger partial charge in [-0.3, -0.25) is 0 Å². The lowest BCUT2D eigenvalue weighted by atomic mass is 10.2. The summed E-state index contributed by atoms with van der Waals surface area (Å²) in [6.45, 7) is 4.35. The van der Waals surface area contributed by atoms with E-state index in [9.17, 15) is 0 Å². The molecule has 2 aromatic heterocycles. The summed E-state index contributed by atoms with van der Waals surface area (Å²) in [4.78, 5) is 12.2. The second-order valence-electron chi connectivity index (χ2n) is 4.40. The van der Waals surface area contributed by atoms with E-state index in [0.29, 0.717) is 6.61 Å². The van der Waals surface area contributed by atoms with Crippen molar-refractivity contribution in [2.24, 2.45) is 0 Å². The second kappa shape index (κ2) is 4.88. The van der Waals surface area contributed by atoms with E-state index in [1.165, 1.54) is 0 Å². The summed E-state index contributed by atoms with van der Waals surface area (Å²) >= 11 is 0. The average Bonchev–Trinajstić information content (AvgIpc) is 2.93. The summed E-state index contributed by atoms with van der Waals surface area (Å²) in [6, 6.07) is 5.95. The number of H-pyrrole nitrogens is 1. The molecule has 0 radical (unpaired) electrons. The molecule has 1 atom stereocenters. The van der Waals surface area contributed by atoms with Gasteiger partial charge in [-0.05, 0) is 25.1 Å². The van der Waals surface area contributed by atoms with Gasteiger partial charge < -0.3 is 15.0 Å². The van der Waals surface area contributed by atoms with Crippen LogP contribution in [0, 0.1) is 6.92 Å². The molecular formula is C13H16N4O. The van der Waals surface area contributed by atoms with Crippen LogP contribution in [-0.4, -0.2) is 34.6 Å². The highest BCUT2D eigenvalue weighted by Crippen LogP contribution is 2.20. The fraction of sp³-hybridized carbons (Fsp3) is 0.385. The number of ether oxygens (including phenoxy) is 1. The van der Waals surface area contributed by atoms with Crippen molar-refractivity contribution in [3.63, 3.8) is 0 Å². The van der Waals surface area contributed by atoms with Gasteiger partial charge in [-0.2, -0.15) is 0 Å². The quantitative estimate of drug-likeness (QED) is 0.839. The molecule has 5 heteroatoms. The van der Waals surface area contributed by atoms with Crippen LogP contribution < -0.4 is 5.32 Å². The van der Waals surface area contributed by atoms with Crippen LogP contribution in [0.1, 0.15) is 17.6 Å². The van der Waals surface area contributed by atoms with E-state index in [4.69, 9.17) is 4.74 Å². The van der Waals surface area contributed by atoms with E-state index >= 15 is 0 Å². The smallest absolute Gasteiger partial charge is 0.159 e. The molecule has 1 aliphatic heterocycles. The van der Waals surface area contributed by atoms with E-state index in [1.54, 1.807) is 0 Å². The van der Waals surface area contributed by atoms with Gasteiger partial charge in [0.25, 0.3) is 0 Å². The third-order valence-corrected chi connectivity index (χ3v) is 2.96. The number of nitrogens with one attached hydrogen (secondary N) is 2. The first-order valence-electron chi connectivity index (χ1n) is 6.14. The van der Waals surface area contributed by atoms with Crippen molar-refractivity contribution in [3.8, 4) is 11.4 Å². The van der Waals surface area contributed by atoms with Gasteiger partial charge in [0.15, 0.2) is 5.82 Å². The maximum atomic E-state index is 5.69. The molecule has 1 fully saturated rings. The van der Waals surface area contributed by atoms with Crippen molar-refractivity contribution in [1.82, 2.24) is 20.3 Å². The number of rotatable bonds is 2. The molecule has 1 aliphatic rings. The van der Waals surface area contributed by atoms with Crippen LogP contribution in [0.25, 0.3) is 11.4 Å². The molecule has 0 saturated carbocycles. The predicted molar refractivity (Wildman–Crippen MR) is 68.1 cm³/mol. The Morgan fingerprint density at radius 2 is 2.33 bits per heavy atom. The monoisotopic (exact) mass is 244 g/mol. The number of aromatic amines is 1. The standard InChI is InChI=1S/C13H16N4O/c1-9-7-11(10-3-2-4-15-10)17-13(16-9)12-8-14-5-6-18-12/h2-4,7,12,14-15H,5-6,8H2,1H3. The fourth-order valence-corrected chi connectivity index (χ4v) is 2.09. The summed E-state index contributed by atoms with van der Waals surface area (Å²) < 4.78 is 5.69. The zero-order valence-electron chi connectivity index (χ0n) is 10.3. The van der Waals surface area contributed by atoms with Gasteiger partial charge in [0, 0.05) is 25.0 Å². The lowest BCUT2D eigenvalue weighted by Crippen LogP contribution is -2.34. The maximum Gasteiger partial charge on any atom is 0.159 e. The van der Waals surface area contributed by atoms with Crippen molar-refractivity contribution in [2.45, 2.75) is 13.0 Å². The molecule has 0 aliphatic carbocycles. The van der Waals surface area contributed by atoms with E-state index in [1.807, 2.05) is 31.3 Å². The van der Waals surface area contributed by atoms with Crippen LogP contribution in [0.5, 0.6) is 0 Å². The molecule has 94 valence electrons. The van der Waals surface area contributed by atoms with Gasteiger partial charge in [0.05, 0.1) is 18.0 Å². The summed E-state index contributed by atoms with van der Waals surface area (Å²) in [6.07, 6.45) is 1.85. The predicted octanol–water partition coefficient (Wildman–Crippen LogP) is 1.44. The van der Waals surface area contributed by atoms with Crippen LogP contribution >= 0.6 is 0 Å². The highest BCUT2D eigenvalue weighted by Gasteiger charge is 2.19. The largest absolute Gasteiger partial charge is 0.368 e. The Bertz CT molecular complexity index is 518. The molecule has 3 rings (SSSR count). The number of morpholine rings is 1. The molecule has 0 amide bonds. The lowest BCUT2D eigenvalue weighted by Gasteiger charge is -2.22. The molecule has 0 spiro atoms. The third-order valence-electron chi connectivity index (χ3n) is 2.96. The Kier molecular flexibility index (Phi) is 3.08. The summed E-state index contributed by atoms with van der Waals surface area (Å²) in [5.41, 5.74) is 2.88. The molecular weight excluding hydrogens is 228 g/mol. The number of nitrogens with zero attached hydrogens (tertiary/aromatic N) is 2. The molecule has 1 saturated heterocycles.